The summed E-state index contributed by atoms with van der Waals surface area (Å²) in [6.45, 7) is 10.9. The van der Waals surface area contributed by atoms with Gasteiger partial charge < -0.3 is 19.5 Å². The Morgan fingerprint density at radius 1 is 0.921 bits per heavy atom. The van der Waals surface area contributed by atoms with Crippen molar-refractivity contribution in [1.29, 1.82) is 0 Å². The van der Waals surface area contributed by atoms with Crippen molar-refractivity contribution in [2.24, 2.45) is 0 Å². The summed E-state index contributed by atoms with van der Waals surface area (Å²) in [5.74, 6) is -4.31. The minimum Gasteiger partial charge on any atom is -0.475 e. The minimum atomic E-state index is -5.08. The molecule has 1 aromatic carbocycles. The second-order valence-corrected chi connectivity index (χ2v) is 8.54. The van der Waals surface area contributed by atoms with Gasteiger partial charge in [-0.25, -0.2) is 14.6 Å². The summed E-state index contributed by atoms with van der Waals surface area (Å²) in [6, 6.07) is 8.81. The van der Waals surface area contributed by atoms with Crippen molar-refractivity contribution in [3.63, 3.8) is 0 Å². The predicted molar refractivity (Wildman–Crippen MR) is 121 cm³/mol. The third kappa shape index (κ3) is 10.7. The summed E-state index contributed by atoms with van der Waals surface area (Å²) >= 11 is 0. The number of hydrogen-bond donors (Lipinski definition) is 2. The number of ether oxygens (including phenoxy) is 1. The summed E-state index contributed by atoms with van der Waals surface area (Å²) in [4.78, 5) is 27.6. The molecule has 0 saturated carbocycles. The normalized spacial score (nSPS) is 16.4. The lowest BCUT2D eigenvalue weighted by molar-refractivity contribution is -0.193. The Kier molecular flexibility index (Phi) is 11.1. The molecule has 2 N–H and O–H groups in total. The number of hydrogen-bond acceptors (Lipinski definition) is 6. The van der Waals surface area contributed by atoms with Gasteiger partial charge in [0.15, 0.2) is 0 Å². The number of aromatic nitrogens is 2. The maximum absolute atomic E-state index is 10.6. The molecular formula is C23H28F6N4O5. The SMILES string of the molecule is Cc1cccc(CN2CCn3cc(CN4CCOCC4)nc3C2)c1.O=C(O)C(F)(F)F.O=C(O)C(F)(F)F. The number of benzene rings is 1. The van der Waals surface area contributed by atoms with Gasteiger partial charge >= 0.3 is 24.3 Å². The summed E-state index contributed by atoms with van der Waals surface area (Å²) in [7, 11) is 0. The first-order chi connectivity index (χ1) is 17.6. The monoisotopic (exact) mass is 554 g/mol. The number of fused-ring (bicyclic) bond motifs is 1. The Bertz CT molecular complexity index is 1040. The average molecular weight is 554 g/mol. The lowest BCUT2D eigenvalue weighted by Gasteiger charge is -2.27. The van der Waals surface area contributed by atoms with Crippen LogP contribution in [0.25, 0.3) is 0 Å². The van der Waals surface area contributed by atoms with Crippen LogP contribution in [0.3, 0.4) is 0 Å². The van der Waals surface area contributed by atoms with E-state index in [-0.39, 0.29) is 0 Å². The number of carboxylic acids is 2. The zero-order valence-corrected chi connectivity index (χ0v) is 20.4. The molecule has 0 atom stereocenters. The van der Waals surface area contributed by atoms with E-state index in [9.17, 15) is 26.3 Å². The number of nitrogens with zero attached hydrogens (tertiary/aromatic N) is 4. The van der Waals surface area contributed by atoms with Crippen LogP contribution in [-0.4, -0.2) is 86.7 Å². The van der Waals surface area contributed by atoms with Gasteiger partial charge in [-0.15, -0.1) is 0 Å². The Morgan fingerprint density at radius 3 is 2.03 bits per heavy atom. The summed E-state index contributed by atoms with van der Waals surface area (Å²) in [5.41, 5.74) is 3.92. The van der Waals surface area contributed by atoms with Crippen molar-refractivity contribution >= 4 is 11.9 Å². The van der Waals surface area contributed by atoms with E-state index in [0.29, 0.717) is 0 Å². The van der Waals surface area contributed by atoms with Crippen molar-refractivity contribution in [2.75, 3.05) is 32.8 Å². The molecule has 0 amide bonds. The predicted octanol–water partition coefficient (Wildman–Crippen LogP) is 3.31. The Labute approximate surface area is 214 Å². The standard InChI is InChI=1S/C19H26N4O.2C2HF3O2/c1-16-3-2-4-17(11-16)12-22-5-6-23-14-18(20-19(23)15-22)13-21-7-9-24-10-8-21;2*3-2(4,5)1(6)7/h2-4,11,14H,5-10,12-13,15H2,1H3;2*(H,6,7). The molecule has 4 rings (SSSR count). The van der Waals surface area contributed by atoms with Gasteiger partial charge in [-0.05, 0) is 12.5 Å². The number of carbonyl (C=O) groups is 2. The van der Waals surface area contributed by atoms with Crippen LogP contribution in [0.5, 0.6) is 0 Å². The van der Waals surface area contributed by atoms with Crippen LogP contribution in [0.4, 0.5) is 26.3 Å². The van der Waals surface area contributed by atoms with Crippen LogP contribution < -0.4 is 0 Å². The van der Waals surface area contributed by atoms with Gasteiger partial charge in [-0.2, -0.15) is 26.3 Å². The van der Waals surface area contributed by atoms with Gasteiger partial charge in [-0.1, -0.05) is 29.8 Å². The zero-order valence-electron chi connectivity index (χ0n) is 20.4. The van der Waals surface area contributed by atoms with E-state index in [2.05, 4.69) is 51.8 Å². The van der Waals surface area contributed by atoms with Crippen LogP contribution in [-0.2, 0) is 40.5 Å². The summed E-state index contributed by atoms with van der Waals surface area (Å²) in [6.07, 6.45) is -7.92. The molecule has 15 heteroatoms. The van der Waals surface area contributed by atoms with Crippen molar-refractivity contribution in [2.45, 2.75) is 45.5 Å². The number of halogens is 6. The molecule has 2 aliphatic heterocycles. The number of aryl methyl sites for hydroxylation is 1. The first-order valence-electron chi connectivity index (χ1n) is 11.4. The first kappa shape index (κ1) is 31.1. The highest BCUT2D eigenvalue weighted by Crippen LogP contribution is 2.18. The van der Waals surface area contributed by atoms with Crippen LogP contribution in [0.15, 0.2) is 30.5 Å². The fourth-order valence-electron chi connectivity index (χ4n) is 3.63. The average Bonchev–Trinajstić information content (AvgIpc) is 3.21. The molecule has 2 aliphatic rings. The molecule has 0 aliphatic carbocycles. The molecule has 0 bridgehead atoms. The van der Waals surface area contributed by atoms with Gasteiger partial charge in [0.25, 0.3) is 0 Å². The van der Waals surface area contributed by atoms with E-state index in [1.54, 1.807) is 0 Å². The van der Waals surface area contributed by atoms with E-state index < -0.39 is 24.3 Å². The summed E-state index contributed by atoms with van der Waals surface area (Å²) < 4.78 is 71.2. The van der Waals surface area contributed by atoms with E-state index in [0.717, 1.165) is 59.0 Å². The highest BCUT2D eigenvalue weighted by molar-refractivity contribution is 5.73. The maximum Gasteiger partial charge on any atom is 0.490 e. The molecule has 38 heavy (non-hydrogen) atoms. The summed E-state index contributed by atoms with van der Waals surface area (Å²) in [5, 5.41) is 14.2. The zero-order chi connectivity index (χ0) is 28.5. The fraction of sp³-hybridized carbons (Fsp3) is 0.522. The van der Waals surface area contributed by atoms with Crippen molar-refractivity contribution in [3.8, 4) is 0 Å². The number of morpholine rings is 1. The van der Waals surface area contributed by atoms with E-state index in [1.807, 2.05) is 0 Å². The van der Waals surface area contributed by atoms with E-state index in [1.165, 1.54) is 22.6 Å². The quantitative estimate of drug-likeness (QED) is 0.555. The van der Waals surface area contributed by atoms with E-state index in [4.69, 9.17) is 29.5 Å². The van der Waals surface area contributed by atoms with Gasteiger partial charge in [-0.3, -0.25) is 9.80 Å². The highest BCUT2D eigenvalue weighted by atomic mass is 19.4. The second kappa shape index (κ2) is 13.6. The highest BCUT2D eigenvalue weighted by Gasteiger charge is 2.38. The Hall–Kier alpha value is -3.17. The minimum absolute atomic E-state index is 0.845. The van der Waals surface area contributed by atoms with Crippen LogP contribution in [0, 0.1) is 6.92 Å². The van der Waals surface area contributed by atoms with E-state index >= 15 is 0 Å². The largest absolute Gasteiger partial charge is 0.490 e. The molecule has 1 aromatic heterocycles. The molecular weight excluding hydrogens is 526 g/mol. The molecule has 2 aromatic rings. The van der Waals surface area contributed by atoms with Crippen molar-refractivity contribution in [3.05, 3.63) is 53.1 Å². The lowest BCUT2D eigenvalue weighted by atomic mass is 10.1. The third-order valence-corrected chi connectivity index (χ3v) is 5.39. The molecule has 212 valence electrons. The van der Waals surface area contributed by atoms with Crippen LogP contribution >= 0.6 is 0 Å². The molecule has 3 heterocycles. The Morgan fingerprint density at radius 2 is 1.50 bits per heavy atom. The Balaban J connectivity index is 0.000000301. The van der Waals surface area contributed by atoms with Gasteiger partial charge in [0.2, 0.25) is 0 Å². The number of rotatable bonds is 4. The molecule has 0 radical (unpaired) electrons. The molecule has 0 spiro atoms. The number of alkyl halides is 6. The van der Waals surface area contributed by atoms with Crippen molar-refractivity contribution < 1.29 is 50.9 Å². The third-order valence-electron chi connectivity index (χ3n) is 5.39. The smallest absolute Gasteiger partial charge is 0.475 e. The number of carboxylic acid groups (broad SMARTS) is 2. The van der Waals surface area contributed by atoms with Gasteiger partial charge in [0.1, 0.15) is 5.82 Å². The number of imidazole rings is 1. The van der Waals surface area contributed by atoms with Crippen molar-refractivity contribution in [1.82, 2.24) is 19.4 Å². The first-order valence-corrected chi connectivity index (χ1v) is 11.4. The topological polar surface area (TPSA) is 108 Å². The second-order valence-electron chi connectivity index (χ2n) is 8.54. The van der Waals surface area contributed by atoms with Crippen LogP contribution in [0.1, 0.15) is 22.6 Å². The molecule has 9 nitrogen and oxygen atoms in total. The maximum atomic E-state index is 10.6. The molecule has 1 saturated heterocycles. The fourth-order valence-corrected chi connectivity index (χ4v) is 3.63. The molecule has 0 unspecified atom stereocenters. The number of aliphatic carboxylic acids is 2. The van der Waals surface area contributed by atoms with Gasteiger partial charge in [0.05, 0.1) is 25.5 Å². The van der Waals surface area contributed by atoms with Crippen LogP contribution in [0.2, 0.25) is 0 Å². The van der Waals surface area contributed by atoms with Gasteiger partial charge in [0, 0.05) is 45.5 Å². The lowest BCUT2D eigenvalue weighted by Crippen LogP contribution is -2.35. The molecule has 1 fully saturated rings.